The maximum absolute atomic E-state index is 11.1. The van der Waals surface area contributed by atoms with E-state index in [9.17, 15) is 9.90 Å². The molecule has 0 aromatic heterocycles. The molecule has 2 saturated heterocycles. The molecule has 0 bridgehead atoms. The van der Waals surface area contributed by atoms with Gasteiger partial charge in [0.2, 0.25) is 5.91 Å². The molecule has 2 rings (SSSR count). The van der Waals surface area contributed by atoms with Gasteiger partial charge in [-0.05, 0) is 6.92 Å². The van der Waals surface area contributed by atoms with Crippen molar-refractivity contribution in [3.05, 3.63) is 0 Å². The van der Waals surface area contributed by atoms with Crippen molar-refractivity contribution in [2.24, 2.45) is 5.92 Å². The van der Waals surface area contributed by atoms with Crippen LogP contribution in [0.4, 0.5) is 0 Å². The number of β-amino-alcohol motifs (C(OH)–C–C–N with tert-alkyl or cyclic N) is 1. The smallest absolute Gasteiger partial charge is 0.219 e. The van der Waals surface area contributed by atoms with Crippen molar-refractivity contribution in [2.75, 3.05) is 13.1 Å². The van der Waals surface area contributed by atoms with Gasteiger partial charge in [0.15, 0.2) is 0 Å². The fourth-order valence-corrected chi connectivity index (χ4v) is 2.17. The van der Waals surface area contributed by atoms with Crippen LogP contribution in [-0.2, 0) is 9.53 Å². The largest absolute Gasteiger partial charge is 0.389 e. The zero-order valence-electron chi connectivity index (χ0n) is 7.93. The van der Waals surface area contributed by atoms with Gasteiger partial charge in [0.05, 0.1) is 18.3 Å². The molecule has 0 radical (unpaired) electrons. The molecule has 2 fully saturated rings. The summed E-state index contributed by atoms with van der Waals surface area (Å²) in [7, 11) is 0. The van der Waals surface area contributed by atoms with Crippen LogP contribution in [0.15, 0.2) is 0 Å². The van der Waals surface area contributed by atoms with E-state index in [4.69, 9.17) is 4.74 Å². The Balaban J connectivity index is 2.03. The van der Waals surface area contributed by atoms with E-state index in [1.54, 1.807) is 4.90 Å². The first-order valence-electron chi connectivity index (χ1n) is 4.68. The van der Waals surface area contributed by atoms with Crippen LogP contribution in [0.1, 0.15) is 13.8 Å². The van der Waals surface area contributed by atoms with Crippen molar-refractivity contribution >= 4 is 5.91 Å². The normalized spacial score (nSPS) is 43.8. The number of hydrogen-bond donors (Lipinski definition) is 1. The second-order valence-corrected chi connectivity index (χ2v) is 3.96. The Hall–Kier alpha value is -0.610. The molecule has 1 N–H and O–H groups in total. The zero-order valence-corrected chi connectivity index (χ0v) is 7.93. The highest BCUT2D eigenvalue weighted by Gasteiger charge is 2.48. The number of rotatable bonds is 0. The Bertz CT molecular complexity index is 231. The average molecular weight is 185 g/mol. The van der Waals surface area contributed by atoms with E-state index in [0.29, 0.717) is 12.5 Å². The highest BCUT2D eigenvalue weighted by Crippen LogP contribution is 2.34. The summed E-state index contributed by atoms with van der Waals surface area (Å²) in [6, 6.07) is 0. The maximum Gasteiger partial charge on any atom is 0.219 e. The Kier molecular flexibility index (Phi) is 2.04. The Morgan fingerprint density at radius 2 is 2.23 bits per heavy atom. The number of likely N-dealkylation sites (tertiary alicyclic amines) is 1. The minimum Gasteiger partial charge on any atom is -0.389 e. The van der Waals surface area contributed by atoms with Gasteiger partial charge in [-0.3, -0.25) is 4.79 Å². The zero-order chi connectivity index (χ0) is 9.59. The van der Waals surface area contributed by atoms with Crippen LogP contribution in [0.5, 0.6) is 0 Å². The average Bonchev–Trinajstić information content (AvgIpc) is 2.06. The van der Waals surface area contributed by atoms with Gasteiger partial charge in [0.25, 0.3) is 0 Å². The Morgan fingerprint density at radius 3 is 2.77 bits per heavy atom. The van der Waals surface area contributed by atoms with Gasteiger partial charge in [-0.25, -0.2) is 0 Å². The number of carbonyl (C=O) groups is 1. The lowest BCUT2D eigenvalue weighted by molar-refractivity contribution is -0.240. The van der Waals surface area contributed by atoms with Gasteiger partial charge < -0.3 is 14.7 Å². The van der Waals surface area contributed by atoms with Crippen LogP contribution >= 0.6 is 0 Å². The summed E-state index contributed by atoms with van der Waals surface area (Å²) in [6.07, 6.45) is -0.355. The van der Waals surface area contributed by atoms with Crippen molar-refractivity contribution in [1.82, 2.24) is 4.90 Å². The summed E-state index contributed by atoms with van der Waals surface area (Å²) in [4.78, 5) is 12.8. The van der Waals surface area contributed by atoms with Gasteiger partial charge in [-0.15, -0.1) is 0 Å². The number of ether oxygens (including phenoxy) is 1. The number of carbonyl (C=O) groups excluding carboxylic acids is 1. The first kappa shape index (κ1) is 8.97. The molecule has 13 heavy (non-hydrogen) atoms. The van der Waals surface area contributed by atoms with Gasteiger partial charge in [0.1, 0.15) is 0 Å². The lowest BCUT2D eigenvalue weighted by Crippen LogP contribution is -2.64. The maximum atomic E-state index is 11.1. The fourth-order valence-electron chi connectivity index (χ4n) is 2.17. The molecule has 74 valence electrons. The molecule has 1 amide bonds. The summed E-state index contributed by atoms with van der Waals surface area (Å²) in [5.41, 5.74) is 0. The molecule has 4 unspecified atom stereocenters. The standard InChI is InChI=1S/C9H15NO3/c1-5-7-3-10(6(2)11)4-8(12)9(7)13-5/h5,7-9,12H,3-4H2,1-2H3. The van der Waals surface area contributed by atoms with Crippen molar-refractivity contribution in [3.63, 3.8) is 0 Å². The van der Waals surface area contributed by atoms with E-state index in [1.807, 2.05) is 6.92 Å². The third-order valence-electron chi connectivity index (χ3n) is 3.06. The number of nitrogens with zero attached hydrogens (tertiary/aromatic N) is 1. The lowest BCUT2D eigenvalue weighted by atomic mass is 9.83. The van der Waals surface area contributed by atoms with Crippen molar-refractivity contribution in [2.45, 2.75) is 32.2 Å². The minimum absolute atomic E-state index is 0.0365. The van der Waals surface area contributed by atoms with Gasteiger partial charge in [-0.2, -0.15) is 0 Å². The van der Waals surface area contributed by atoms with Gasteiger partial charge in [-0.1, -0.05) is 0 Å². The summed E-state index contributed by atoms with van der Waals surface area (Å²) in [5.74, 6) is 0.365. The van der Waals surface area contributed by atoms with E-state index in [1.165, 1.54) is 6.92 Å². The number of piperidine rings is 1. The van der Waals surface area contributed by atoms with E-state index in [0.717, 1.165) is 6.54 Å². The third-order valence-corrected chi connectivity index (χ3v) is 3.06. The van der Waals surface area contributed by atoms with Crippen molar-refractivity contribution < 1.29 is 14.6 Å². The Labute approximate surface area is 77.5 Å². The molecule has 0 aliphatic carbocycles. The third kappa shape index (κ3) is 1.34. The molecule has 4 atom stereocenters. The van der Waals surface area contributed by atoms with Crippen LogP contribution in [0.3, 0.4) is 0 Å². The topological polar surface area (TPSA) is 49.8 Å². The number of aliphatic hydroxyl groups excluding tert-OH is 1. The van der Waals surface area contributed by atoms with Crippen LogP contribution in [0, 0.1) is 5.92 Å². The summed E-state index contributed by atoms with van der Waals surface area (Å²) < 4.78 is 5.40. The second kappa shape index (κ2) is 2.96. The van der Waals surface area contributed by atoms with E-state index < -0.39 is 6.10 Å². The van der Waals surface area contributed by atoms with Crippen LogP contribution in [-0.4, -0.2) is 47.3 Å². The first-order chi connectivity index (χ1) is 6.09. The highest BCUT2D eigenvalue weighted by atomic mass is 16.5. The number of fused-ring (bicyclic) bond motifs is 1. The van der Waals surface area contributed by atoms with E-state index >= 15 is 0 Å². The van der Waals surface area contributed by atoms with Crippen molar-refractivity contribution in [3.8, 4) is 0 Å². The lowest BCUT2D eigenvalue weighted by Gasteiger charge is -2.51. The molecule has 2 heterocycles. The number of aliphatic hydroxyl groups is 1. The van der Waals surface area contributed by atoms with E-state index in [-0.39, 0.29) is 18.1 Å². The van der Waals surface area contributed by atoms with E-state index in [2.05, 4.69) is 0 Å². The van der Waals surface area contributed by atoms with Crippen LogP contribution in [0.2, 0.25) is 0 Å². The first-order valence-corrected chi connectivity index (χ1v) is 4.68. The summed E-state index contributed by atoms with van der Waals surface area (Å²) in [6.45, 7) is 4.68. The van der Waals surface area contributed by atoms with Gasteiger partial charge in [0, 0.05) is 25.9 Å². The molecule has 4 nitrogen and oxygen atoms in total. The molecule has 0 aromatic rings. The fraction of sp³-hybridized carbons (Fsp3) is 0.889. The summed E-state index contributed by atoms with van der Waals surface area (Å²) in [5, 5.41) is 9.62. The molecular weight excluding hydrogens is 170 g/mol. The molecule has 0 aromatic carbocycles. The van der Waals surface area contributed by atoms with Crippen molar-refractivity contribution in [1.29, 1.82) is 0 Å². The minimum atomic E-state index is -0.501. The molecule has 2 aliphatic rings. The monoisotopic (exact) mass is 185 g/mol. The predicted octanol–water partition coefficient (Wildman–Crippen LogP) is -0.387. The SMILES string of the molecule is CC(=O)N1CC(O)C2OC(C)C2C1. The number of amides is 1. The molecule has 0 saturated carbocycles. The quantitative estimate of drug-likeness (QED) is 0.559. The number of hydrogen-bond acceptors (Lipinski definition) is 3. The van der Waals surface area contributed by atoms with Gasteiger partial charge >= 0.3 is 0 Å². The van der Waals surface area contributed by atoms with Crippen LogP contribution < -0.4 is 0 Å². The predicted molar refractivity (Wildman–Crippen MR) is 46.1 cm³/mol. The Morgan fingerprint density at radius 1 is 1.54 bits per heavy atom. The van der Waals surface area contributed by atoms with Crippen LogP contribution in [0.25, 0.3) is 0 Å². The molecule has 4 heteroatoms. The highest BCUT2D eigenvalue weighted by molar-refractivity contribution is 5.73. The molecule has 0 spiro atoms. The second-order valence-electron chi connectivity index (χ2n) is 3.96. The summed E-state index contributed by atoms with van der Waals surface area (Å²) >= 11 is 0. The molecule has 2 aliphatic heterocycles. The molecular formula is C9H15NO3.